The molecule has 0 saturated carbocycles. The van der Waals surface area contributed by atoms with Crippen molar-refractivity contribution in [3.8, 4) is 0 Å². The van der Waals surface area contributed by atoms with E-state index in [0.29, 0.717) is 5.69 Å². The molecule has 1 aromatic heterocycles. The van der Waals surface area contributed by atoms with Gasteiger partial charge in [-0.2, -0.15) is 0 Å². The molecule has 0 saturated heterocycles. The summed E-state index contributed by atoms with van der Waals surface area (Å²) in [6.07, 6.45) is 0. The number of hydrogen-bond donors (Lipinski definition) is 1. The van der Waals surface area contributed by atoms with Crippen molar-refractivity contribution < 1.29 is 13.9 Å². The van der Waals surface area contributed by atoms with Gasteiger partial charge >= 0.3 is 5.97 Å². The van der Waals surface area contributed by atoms with Crippen LogP contribution >= 0.6 is 0 Å². The van der Waals surface area contributed by atoms with Gasteiger partial charge in [0.2, 0.25) is 0 Å². The van der Waals surface area contributed by atoms with Crippen LogP contribution < -0.4 is 5.73 Å². The molecule has 0 bridgehead atoms. The number of carbonyl (C=O) groups is 1. The highest BCUT2D eigenvalue weighted by molar-refractivity contribution is 5.85. The molecular weight excluding hydrogens is 247 g/mol. The number of aromatic nitrogens is 1. The van der Waals surface area contributed by atoms with Crippen LogP contribution in [-0.4, -0.2) is 17.6 Å². The van der Waals surface area contributed by atoms with E-state index in [1.165, 1.54) is 19.2 Å². The lowest BCUT2D eigenvalue weighted by atomic mass is 10.2. The molecule has 0 aliphatic rings. The van der Waals surface area contributed by atoms with Crippen LogP contribution in [0.15, 0.2) is 24.3 Å². The number of nitrogens with zero attached hydrogens (tertiary/aromatic N) is 1. The molecule has 102 valence electrons. The van der Waals surface area contributed by atoms with Crippen LogP contribution in [0.5, 0.6) is 0 Å². The Balaban J connectivity index is 2.66. The maximum Gasteiger partial charge on any atom is 0.328 e. The SMILES string of the molecule is COC(=O)C(N)c1cc2ccc(F)cc2n1C(C)C. The fraction of sp³-hybridized carbons (Fsp3) is 0.357. The second-order valence-corrected chi connectivity index (χ2v) is 4.74. The van der Waals surface area contributed by atoms with E-state index in [9.17, 15) is 9.18 Å². The number of nitrogens with two attached hydrogens (primary N) is 1. The second-order valence-electron chi connectivity index (χ2n) is 4.74. The van der Waals surface area contributed by atoms with Gasteiger partial charge < -0.3 is 15.0 Å². The molecule has 4 nitrogen and oxygen atoms in total. The number of ether oxygens (including phenoxy) is 1. The largest absolute Gasteiger partial charge is 0.468 e. The molecule has 2 N–H and O–H groups in total. The lowest BCUT2D eigenvalue weighted by molar-refractivity contribution is -0.142. The minimum Gasteiger partial charge on any atom is -0.468 e. The Bertz CT molecular complexity index is 619. The Morgan fingerprint density at radius 3 is 2.63 bits per heavy atom. The van der Waals surface area contributed by atoms with Crippen LogP contribution in [0.1, 0.15) is 31.6 Å². The van der Waals surface area contributed by atoms with Gasteiger partial charge in [0.25, 0.3) is 0 Å². The predicted octanol–water partition coefficient (Wildman–Crippen LogP) is 2.53. The van der Waals surface area contributed by atoms with Crippen molar-refractivity contribution in [3.63, 3.8) is 0 Å². The summed E-state index contributed by atoms with van der Waals surface area (Å²) in [5.41, 5.74) is 7.25. The van der Waals surface area contributed by atoms with E-state index in [2.05, 4.69) is 4.74 Å². The molecule has 0 amide bonds. The molecule has 2 rings (SSSR count). The number of hydrogen-bond acceptors (Lipinski definition) is 3. The van der Waals surface area contributed by atoms with Gasteiger partial charge in [-0.25, -0.2) is 9.18 Å². The Hall–Kier alpha value is -1.88. The van der Waals surface area contributed by atoms with E-state index in [1.807, 2.05) is 18.4 Å². The first-order valence-electron chi connectivity index (χ1n) is 6.09. The molecule has 0 spiro atoms. The predicted molar refractivity (Wildman–Crippen MR) is 71.2 cm³/mol. The average Bonchev–Trinajstić information content (AvgIpc) is 2.75. The zero-order valence-corrected chi connectivity index (χ0v) is 11.2. The smallest absolute Gasteiger partial charge is 0.328 e. The third kappa shape index (κ3) is 2.33. The van der Waals surface area contributed by atoms with Crippen molar-refractivity contribution in [1.29, 1.82) is 0 Å². The number of esters is 1. The quantitative estimate of drug-likeness (QED) is 0.867. The van der Waals surface area contributed by atoms with Gasteiger partial charge in [-0.15, -0.1) is 0 Å². The Kier molecular flexibility index (Phi) is 3.57. The van der Waals surface area contributed by atoms with Crippen LogP contribution in [0, 0.1) is 5.82 Å². The maximum atomic E-state index is 13.4. The van der Waals surface area contributed by atoms with Crippen LogP contribution in [0.2, 0.25) is 0 Å². The number of fused-ring (bicyclic) bond motifs is 1. The Labute approximate surface area is 111 Å². The van der Waals surface area contributed by atoms with E-state index in [-0.39, 0.29) is 11.9 Å². The van der Waals surface area contributed by atoms with Crippen molar-refractivity contribution in [3.05, 3.63) is 35.8 Å². The Morgan fingerprint density at radius 1 is 1.37 bits per heavy atom. The summed E-state index contributed by atoms with van der Waals surface area (Å²) in [6.45, 7) is 3.91. The highest BCUT2D eigenvalue weighted by atomic mass is 19.1. The van der Waals surface area contributed by atoms with Gasteiger partial charge in [-0.3, -0.25) is 0 Å². The first-order chi connectivity index (χ1) is 8.95. The number of carbonyl (C=O) groups excluding carboxylic acids is 1. The number of benzene rings is 1. The van der Waals surface area contributed by atoms with Gasteiger partial charge in [-0.05, 0) is 38.1 Å². The summed E-state index contributed by atoms with van der Waals surface area (Å²) in [5.74, 6) is -0.823. The summed E-state index contributed by atoms with van der Waals surface area (Å²) in [6, 6.07) is 5.50. The second kappa shape index (κ2) is 5.01. The van der Waals surface area contributed by atoms with Gasteiger partial charge in [0.05, 0.1) is 12.6 Å². The van der Waals surface area contributed by atoms with Crippen LogP contribution in [0.3, 0.4) is 0 Å². The Morgan fingerprint density at radius 2 is 2.05 bits per heavy atom. The highest BCUT2D eigenvalue weighted by Gasteiger charge is 2.23. The molecular formula is C14H17FN2O2. The van der Waals surface area contributed by atoms with Gasteiger partial charge in [0.1, 0.15) is 11.9 Å². The molecule has 1 unspecified atom stereocenters. The average molecular weight is 264 g/mol. The minimum atomic E-state index is -0.872. The van der Waals surface area contributed by atoms with Crippen molar-refractivity contribution in [1.82, 2.24) is 4.57 Å². The monoisotopic (exact) mass is 264 g/mol. The van der Waals surface area contributed by atoms with E-state index in [1.54, 1.807) is 12.1 Å². The molecule has 0 fully saturated rings. The normalized spacial score (nSPS) is 12.9. The molecule has 5 heteroatoms. The third-order valence-electron chi connectivity index (χ3n) is 3.12. The van der Waals surface area contributed by atoms with E-state index < -0.39 is 12.0 Å². The lowest BCUT2D eigenvalue weighted by Crippen LogP contribution is -2.25. The van der Waals surface area contributed by atoms with Crippen LogP contribution in [0.25, 0.3) is 10.9 Å². The van der Waals surface area contributed by atoms with Crippen molar-refractivity contribution in [2.75, 3.05) is 7.11 Å². The first-order valence-corrected chi connectivity index (χ1v) is 6.09. The minimum absolute atomic E-state index is 0.0602. The van der Waals surface area contributed by atoms with Crippen LogP contribution in [-0.2, 0) is 9.53 Å². The lowest BCUT2D eigenvalue weighted by Gasteiger charge is -2.17. The van der Waals surface area contributed by atoms with Gasteiger partial charge in [0.15, 0.2) is 0 Å². The number of methoxy groups -OCH3 is 1. The van der Waals surface area contributed by atoms with E-state index >= 15 is 0 Å². The highest BCUT2D eigenvalue weighted by Crippen LogP contribution is 2.28. The molecule has 19 heavy (non-hydrogen) atoms. The fourth-order valence-electron chi connectivity index (χ4n) is 2.28. The number of rotatable bonds is 3. The molecule has 0 aliphatic heterocycles. The van der Waals surface area contributed by atoms with E-state index in [4.69, 9.17) is 5.73 Å². The zero-order valence-electron chi connectivity index (χ0n) is 11.2. The van der Waals surface area contributed by atoms with Crippen molar-refractivity contribution in [2.24, 2.45) is 5.73 Å². The van der Waals surface area contributed by atoms with Crippen LogP contribution in [0.4, 0.5) is 4.39 Å². The maximum absolute atomic E-state index is 13.4. The summed E-state index contributed by atoms with van der Waals surface area (Å²) >= 11 is 0. The van der Waals surface area contributed by atoms with Gasteiger partial charge in [-0.1, -0.05) is 0 Å². The van der Waals surface area contributed by atoms with Crippen molar-refractivity contribution >= 4 is 16.9 Å². The standard InChI is InChI=1S/C14H17FN2O2/c1-8(2)17-11-7-10(15)5-4-9(11)6-12(17)13(16)14(18)19-3/h4-8,13H,16H2,1-3H3. The summed E-state index contributed by atoms with van der Waals surface area (Å²) in [4.78, 5) is 11.6. The first kappa shape index (κ1) is 13.5. The van der Waals surface area contributed by atoms with Gasteiger partial charge in [0, 0.05) is 17.1 Å². The summed E-state index contributed by atoms with van der Waals surface area (Å²) in [5, 5.41) is 0.851. The molecule has 2 aromatic rings. The molecule has 0 aliphatic carbocycles. The number of halogens is 1. The third-order valence-corrected chi connectivity index (χ3v) is 3.12. The molecule has 1 atom stereocenters. The summed E-state index contributed by atoms with van der Waals surface area (Å²) in [7, 11) is 1.30. The zero-order chi connectivity index (χ0) is 14.2. The topological polar surface area (TPSA) is 57.2 Å². The summed E-state index contributed by atoms with van der Waals surface area (Å²) < 4.78 is 19.9. The van der Waals surface area contributed by atoms with Crippen molar-refractivity contribution in [2.45, 2.75) is 25.9 Å². The molecule has 1 heterocycles. The molecule has 0 radical (unpaired) electrons. The molecule has 1 aromatic carbocycles. The van der Waals surface area contributed by atoms with E-state index in [0.717, 1.165) is 10.9 Å². The fourth-order valence-corrected chi connectivity index (χ4v) is 2.28.